The molecule has 0 aliphatic rings. The maximum atomic E-state index is 10.3. The number of esters is 1. The molecule has 0 saturated heterocycles. The minimum absolute atomic E-state index is 0.232. The van der Waals surface area contributed by atoms with Crippen LogP contribution in [0.15, 0.2) is 0 Å². The molecule has 0 aromatic carbocycles. The Kier molecular flexibility index (Phi) is 6.27. The molecule has 0 aromatic rings. The standard InChI is InChI=1S/C7H14ClNO2/c1-7(10)11-6-5-9(2)4-3-8/h3-6H2,1-2H3. The van der Waals surface area contributed by atoms with Gasteiger partial charge in [0.05, 0.1) is 0 Å². The molecule has 4 heteroatoms. The highest BCUT2D eigenvalue weighted by Crippen LogP contribution is 1.85. The van der Waals surface area contributed by atoms with Crippen LogP contribution in [0.3, 0.4) is 0 Å². The summed E-state index contributed by atoms with van der Waals surface area (Å²) >= 11 is 5.49. The lowest BCUT2D eigenvalue weighted by atomic mass is 10.5. The lowest BCUT2D eigenvalue weighted by molar-refractivity contribution is -0.141. The van der Waals surface area contributed by atoms with Crippen molar-refractivity contribution < 1.29 is 9.53 Å². The Balaban J connectivity index is 3.16. The molecule has 0 spiro atoms. The second-order valence-electron chi connectivity index (χ2n) is 2.33. The smallest absolute Gasteiger partial charge is 0.302 e. The van der Waals surface area contributed by atoms with Gasteiger partial charge in [-0.05, 0) is 7.05 Å². The van der Waals surface area contributed by atoms with E-state index in [1.165, 1.54) is 6.92 Å². The predicted molar refractivity (Wildman–Crippen MR) is 44.9 cm³/mol. The van der Waals surface area contributed by atoms with Gasteiger partial charge in [-0.25, -0.2) is 0 Å². The van der Waals surface area contributed by atoms with E-state index in [9.17, 15) is 4.79 Å². The van der Waals surface area contributed by atoms with E-state index in [0.717, 1.165) is 13.1 Å². The van der Waals surface area contributed by atoms with Crippen LogP contribution in [0, 0.1) is 0 Å². The zero-order valence-electron chi connectivity index (χ0n) is 6.97. The molecule has 66 valence electrons. The molecule has 11 heavy (non-hydrogen) atoms. The van der Waals surface area contributed by atoms with Crippen LogP contribution >= 0.6 is 11.6 Å². The number of carbonyl (C=O) groups excluding carboxylic acids is 1. The van der Waals surface area contributed by atoms with E-state index >= 15 is 0 Å². The summed E-state index contributed by atoms with van der Waals surface area (Å²) in [6.45, 7) is 3.42. The summed E-state index contributed by atoms with van der Waals surface area (Å²) in [5.41, 5.74) is 0. The van der Waals surface area contributed by atoms with Crippen LogP contribution in [-0.4, -0.2) is 43.5 Å². The predicted octanol–water partition coefficient (Wildman–Crippen LogP) is 0.720. The van der Waals surface area contributed by atoms with E-state index in [-0.39, 0.29) is 5.97 Å². The Morgan fingerprint density at radius 1 is 1.55 bits per heavy atom. The fourth-order valence-corrected chi connectivity index (χ4v) is 0.890. The number of alkyl halides is 1. The molecule has 0 heterocycles. The monoisotopic (exact) mass is 179 g/mol. The third kappa shape index (κ3) is 7.62. The first kappa shape index (κ1) is 10.7. The van der Waals surface area contributed by atoms with Crippen molar-refractivity contribution in [3.8, 4) is 0 Å². The van der Waals surface area contributed by atoms with E-state index in [0.29, 0.717) is 12.5 Å². The van der Waals surface area contributed by atoms with Crippen LogP contribution in [0.4, 0.5) is 0 Å². The fraction of sp³-hybridized carbons (Fsp3) is 0.857. The van der Waals surface area contributed by atoms with Crippen LogP contribution in [0.1, 0.15) is 6.92 Å². The van der Waals surface area contributed by atoms with Crippen LogP contribution in [0.25, 0.3) is 0 Å². The van der Waals surface area contributed by atoms with Crippen molar-refractivity contribution in [3.05, 3.63) is 0 Å². The maximum absolute atomic E-state index is 10.3. The van der Waals surface area contributed by atoms with Crippen molar-refractivity contribution in [3.63, 3.8) is 0 Å². The van der Waals surface area contributed by atoms with Crippen molar-refractivity contribution in [2.75, 3.05) is 32.6 Å². The quantitative estimate of drug-likeness (QED) is 0.460. The molecule has 3 nitrogen and oxygen atoms in total. The molecule has 0 unspecified atom stereocenters. The lowest BCUT2D eigenvalue weighted by Crippen LogP contribution is -2.25. The summed E-state index contributed by atoms with van der Waals surface area (Å²) in [6.07, 6.45) is 0. The van der Waals surface area contributed by atoms with Crippen LogP contribution < -0.4 is 0 Å². The summed E-state index contributed by atoms with van der Waals surface area (Å²) in [4.78, 5) is 12.3. The second kappa shape index (κ2) is 6.43. The zero-order chi connectivity index (χ0) is 8.69. The molecule has 0 saturated carbocycles. The van der Waals surface area contributed by atoms with Gasteiger partial charge in [0, 0.05) is 25.9 Å². The van der Waals surface area contributed by atoms with Gasteiger partial charge in [0.1, 0.15) is 6.61 Å². The summed E-state index contributed by atoms with van der Waals surface area (Å²) in [6, 6.07) is 0. The van der Waals surface area contributed by atoms with Crippen molar-refractivity contribution in [2.24, 2.45) is 0 Å². The lowest BCUT2D eigenvalue weighted by Gasteiger charge is -2.13. The molecule has 0 aromatic heterocycles. The largest absolute Gasteiger partial charge is 0.465 e. The number of hydrogen-bond donors (Lipinski definition) is 0. The molecule has 0 rings (SSSR count). The van der Waals surface area contributed by atoms with Gasteiger partial charge in [-0.2, -0.15) is 0 Å². The normalized spacial score (nSPS) is 10.2. The number of carbonyl (C=O) groups is 1. The Morgan fingerprint density at radius 3 is 2.64 bits per heavy atom. The van der Waals surface area contributed by atoms with Crippen LogP contribution in [-0.2, 0) is 9.53 Å². The molecular weight excluding hydrogens is 166 g/mol. The highest BCUT2D eigenvalue weighted by molar-refractivity contribution is 6.18. The van der Waals surface area contributed by atoms with E-state index in [2.05, 4.69) is 0 Å². The summed E-state index contributed by atoms with van der Waals surface area (Å²) in [5, 5.41) is 0. The van der Waals surface area contributed by atoms with Crippen molar-refractivity contribution in [1.29, 1.82) is 0 Å². The number of hydrogen-bond acceptors (Lipinski definition) is 3. The average molecular weight is 180 g/mol. The zero-order valence-corrected chi connectivity index (χ0v) is 7.73. The van der Waals surface area contributed by atoms with E-state index in [1.807, 2.05) is 11.9 Å². The fourth-order valence-electron chi connectivity index (χ4n) is 0.601. The molecule has 0 N–H and O–H groups in total. The van der Waals surface area contributed by atoms with E-state index < -0.39 is 0 Å². The van der Waals surface area contributed by atoms with Gasteiger partial charge < -0.3 is 9.64 Å². The van der Waals surface area contributed by atoms with Crippen molar-refractivity contribution in [1.82, 2.24) is 4.90 Å². The molecule has 0 aliphatic carbocycles. The summed E-state index contributed by atoms with van der Waals surface area (Å²) in [5.74, 6) is 0.376. The molecule has 0 radical (unpaired) electrons. The van der Waals surface area contributed by atoms with Crippen molar-refractivity contribution in [2.45, 2.75) is 6.92 Å². The number of likely N-dealkylation sites (N-methyl/N-ethyl adjacent to an activating group) is 1. The van der Waals surface area contributed by atoms with E-state index in [1.54, 1.807) is 0 Å². The highest BCUT2D eigenvalue weighted by atomic mass is 35.5. The molecular formula is C7H14ClNO2. The Labute approximate surface area is 72.3 Å². The summed E-state index contributed by atoms with van der Waals surface area (Å²) < 4.78 is 4.74. The molecule has 0 fully saturated rings. The molecule has 0 atom stereocenters. The number of rotatable bonds is 5. The second-order valence-corrected chi connectivity index (χ2v) is 2.71. The van der Waals surface area contributed by atoms with Gasteiger partial charge >= 0.3 is 5.97 Å². The van der Waals surface area contributed by atoms with Gasteiger partial charge in [0.25, 0.3) is 0 Å². The average Bonchev–Trinajstić information content (AvgIpc) is 1.87. The minimum atomic E-state index is -0.232. The third-order valence-electron chi connectivity index (χ3n) is 1.24. The summed E-state index contributed by atoms with van der Waals surface area (Å²) in [7, 11) is 1.94. The van der Waals surface area contributed by atoms with Gasteiger partial charge in [-0.3, -0.25) is 4.79 Å². The van der Waals surface area contributed by atoms with Crippen LogP contribution in [0.2, 0.25) is 0 Å². The van der Waals surface area contributed by atoms with Gasteiger partial charge in [0.2, 0.25) is 0 Å². The SMILES string of the molecule is CC(=O)OCCN(C)CCCl. The van der Waals surface area contributed by atoms with Gasteiger partial charge in [-0.1, -0.05) is 0 Å². The molecule has 0 bridgehead atoms. The van der Waals surface area contributed by atoms with Crippen molar-refractivity contribution >= 4 is 17.6 Å². The number of nitrogens with zero attached hydrogens (tertiary/aromatic N) is 1. The molecule has 0 aliphatic heterocycles. The Hall–Kier alpha value is -0.280. The minimum Gasteiger partial charge on any atom is -0.465 e. The first-order valence-electron chi connectivity index (χ1n) is 3.54. The highest BCUT2D eigenvalue weighted by Gasteiger charge is 1.97. The Bertz CT molecular complexity index is 119. The molecule has 0 amide bonds. The number of halogens is 1. The van der Waals surface area contributed by atoms with E-state index in [4.69, 9.17) is 16.3 Å². The number of ether oxygens (including phenoxy) is 1. The Morgan fingerprint density at radius 2 is 2.18 bits per heavy atom. The maximum Gasteiger partial charge on any atom is 0.302 e. The van der Waals surface area contributed by atoms with Gasteiger partial charge in [0.15, 0.2) is 0 Å². The van der Waals surface area contributed by atoms with Gasteiger partial charge in [-0.15, -0.1) is 11.6 Å². The van der Waals surface area contributed by atoms with Crippen LogP contribution in [0.5, 0.6) is 0 Å². The third-order valence-corrected chi connectivity index (χ3v) is 1.41. The topological polar surface area (TPSA) is 29.5 Å². The first-order chi connectivity index (χ1) is 5.16. The first-order valence-corrected chi connectivity index (χ1v) is 4.08.